The van der Waals surface area contributed by atoms with E-state index in [1.54, 1.807) is 7.05 Å². The second-order valence-electron chi connectivity index (χ2n) is 3.47. The Morgan fingerprint density at radius 3 is 2.67 bits per heavy atom. The van der Waals surface area contributed by atoms with E-state index in [2.05, 4.69) is 5.32 Å². The maximum atomic E-state index is 12.0. The van der Waals surface area contributed by atoms with Crippen LogP contribution in [0.1, 0.15) is 6.42 Å². The van der Waals surface area contributed by atoms with E-state index in [4.69, 9.17) is 5.11 Å². The molecule has 0 spiro atoms. The van der Waals surface area contributed by atoms with Crippen LogP contribution in [0.4, 0.5) is 13.2 Å². The number of likely N-dealkylation sites (tertiary alicyclic amines) is 1. The molecule has 4 nitrogen and oxygen atoms in total. The van der Waals surface area contributed by atoms with Crippen LogP contribution in [0.2, 0.25) is 0 Å². The Balaban J connectivity index is 2.51. The van der Waals surface area contributed by atoms with Crippen LogP contribution in [-0.4, -0.2) is 54.4 Å². The standard InChI is InChI=1S/C8H13F3N2O2/c1-12-5-2-3-13(7(5)15)4-6(14)8(9,10)11/h5-6,12,14H,2-4H2,1H3. The van der Waals surface area contributed by atoms with Crippen molar-refractivity contribution < 1.29 is 23.1 Å². The Bertz CT molecular complexity index is 245. The zero-order valence-electron chi connectivity index (χ0n) is 8.21. The minimum Gasteiger partial charge on any atom is -0.382 e. The summed E-state index contributed by atoms with van der Waals surface area (Å²) >= 11 is 0. The van der Waals surface area contributed by atoms with E-state index >= 15 is 0 Å². The van der Waals surface area contributed by atoms with E-state index in [-0.39, 0.29) is 12.5 Å². The number of nitrogens with zero attached hydrogens (tertiary/aromatic N) is 1. The van der Waals surface area contributed by atoms with Gasteiger partial charge in [-0.3, -0.25) is 4.79 Å². The van der Waals surface area contributed by atoms with Crippen LogP contribution in [0, 0.1) is 0 Å². The number of hydrogen-bond donors (Lipinski definition) is 2. The van der Waals surface area contributed by atoms with Crippen LogP contribution < -0.4 is 5.32 Å². The molecular formula is C8H13F3N2O2. The van der Waals surface area contributed by atoms with Crippen molar-refractivity contribution in [3.8, 4) is 0 Å². The first-order valence-electron chi connectivity index (χ1n) is 4.57. The van der Waals surface area contributed by atoms with E-state index in [0.29, 0.717) is 6.42 Å². The number of carbonyl (C=O) groups is 1. The Kier molecular flexibility index (Phi) is 3.56. The smallest absolute Gasteiger partial charge is 0.382 e. The van der Waals surface area contributed by atoms with E-state index < -0.39 is 24.9 Å². The SMILES string of the molecule is CNC1CCN(CC(O)C(F)(F)F)C1=O. The van der Waals surface area contributed by atoms with Crippen molar-refractivity contribution in [3.63, 3.8) is 0 Å². The lowest BCUT2D eigenvalue weighted by Gasteiger charge is -2.22. The number of hydrogen-bond acceptors (Lipinski definition) is 3. The molecule has 15 heavy (non-hydrogen) atoms. The number of likely N-dealkylation sites (N-methyl/N-ethyl adjacent to an activating group) is 1. The molecule has 2 unspecified atom stereocenters. The highest BCUT2D eigenvalue weighted by Gasteiger charge is 2.42. The van der Waals surface area contributed by atoms with Gasteiger partial charge in [0.05, 0.1) is 12.6 Å². The molecule has 1 aliphatic heterocycles. The first-order valence-corrected chi connectivity index (χ1v) is 4.57. The molecule has 0 saturated carbocycles. The summed E-state index contributed by atoms with van der Waals surface area (Å²) in [6.07, 6.45) is -6.66. The van der Waals surface area contributed by atoms with Crippen LogP contribution in [-0.2, 0) is 4.79 Å². The van der Waals surface area contributed by atoms with Crippen LogP contribution >= 0.6 is 0 Å². The lowest BCUT2D eigenvalue weighted by Crippen LogP contribution is -2.44. The van der Waals surface area contributed by atoms with E-state index in [9.17, 15) is 18.0 Å². The molecule has 0 aliphatic carbocycles. The van der Waals surface area contributed by atoms with Gasteiger partial charge < -0.3 is 15.3 Å². The number of rotatable bonds is 3. The second kappa shape index (κ2) is 4.36. The lowest BCUT2D eigenvalue weighted by molar-refractivity contribution is -0.207. The zero-order valence-corrected chi connectivity index (χ0v) is 8.21. The third-order valence-corrected chi connectivity index (χ3v) is 2.42. The normalized spacial score (nSPS) is 24.7. The molecule has 0 aromatic carbocycles. The molecule has 2 N–H and O–H groups in total. The Morgan fingerprint density at radius 2 is 2.27 bits per heavy atom. The van der Waals surface area contributed by atoms with Crippen molar-refractivity contribution in [3.05, 3.63) is 0 Å². The number of aliphatic hydroxyl groups excluding tert-OH is 1. The van der Waals surface area contributed by atoms with Crippen LogP contribution in [0.5, 0.6) is 0 Å². The third-order valence-electron chi connectivity index (χ3n) is 2.42. The van der Waals surface area contributed by atoms with Crippen molar-refractivity contribution >= 4 is 5.91 Å². The molecule has 0 bridgehead atoms. The van der Waals surface area contributed by atoms with Gasteiger partial charge in [0.15, 0.2) is 6.10 Å². The molecule has 7 heteroatoms. The molecule has 88 valence electrons. The second-order valence-corrected chi connectivity index (χ2v) is 3.47. The number of amides is 1. The number of halogens is 3. The van der Waals surface area contributed by atoms with Gasteiger partial charge in [-0.25, -0.2) is 0 Å². The van der Waals surface area contributed by atoms with Crippen molar-refractivity contribution in [1.29, 1.82) is 0 Å². The van der Waals surface area contributed by atoms with Gasteiger partial charge in [0.1, 0.15) is 0 Å². The van der Waals surface area contributed by atoms with E-state index in [1.807, 2.05) is 0 Å². The summed E-state index contributed by atoms with van der Waals surface area (Å²) in [6, 6.07) is -0.426. The first kappa shape index (κ1) is 12.3. The number of β-amino-alcohol motifs (C(OH)–C–C–N with tert-alkyl or cyclic N) is 1. The number of carbonyl (C=O) groups excluding carboxylic acids is 1. The highest BCUT2D eigenvalue weighted by atomic mass is 19.4. The fraction of sp³-hybridized carbons (Fsp3) is 0.875. The monoisotopic (exact) mass is 226 g/mol. The predicted molar refractivity (Wildman–Crippen MR) is 46.1 cm³/mol. The maximum absolute atomic E-state index is 12.0. The number of nitrogens with one attached hydrogen (secondary N) is 1. The highest BCUT2D eigenvalue weighted by molar-refractivity contribution is 5.83. The molecule has 1 rings (SSSR count). The van der Waals surface area contributed by atoms with Gasteiger partial charge in [0.25, 0.3) is 0 Å². The summed E-state index contributed by atoms with van der Waals surface area (Å²) in [5, 5.41) is 11.5. The van der Waals surface area contributed by atoms with Gasteiger partial charge >= 0.3 is 6.18 Å². The van der Waals surface area contributed by atoms with Crippen molar-refractivity contribution in [2.75, 3.05) is 20.1 Å². The Labute approximate surface area is 85.1 Å². The largest absolute Gasteiger partial charge is 0.416 e. The van der Waals surface area contributed by atoms with Crippen LogP contribution in [0.25, 0.3) is 0 Å². The number of alkyl halides is 3. The summed E-state index contributed by atoms with van der Waals surface area (Å²) in [4.78, 5) is 12.4. The fourth-order valence-corrected chi connectivity index (χ4v) is 1.50. The predicted octanol–water partition coefficient (Wildman–Crippen LogP) is -0.270. The van der Waals surface area contributed by atoms with Gasteiger partial charge in [0.2, 0.25) is 5.91 Å². The highest BCUT2D eigenvalue weighted by Crippen LogP contribution is 2.22. The molecule has 2 atom stereocenters. The average molecular weight is 226 g/mol. The molecule has 0 radical (unpaired) electrons. The van der Waals surface area contributed by atoms with Crippen LogP contribution in [0.3, 0.4) is 0 Å². The van der Waals surface area contributed by atoms with Crippen molar-refractivity contribution in [2.45, 2.75) is 24.7 Å². The third kappa shape index (κ3) is 2.82. The van der Waals surface area contributed by atoms with Gasteiger partial charge in [-0.15, -0.1) is 0 Å². The first-order chi connectivity index (χ1) is 6.86. The molecule has 1 saturated heterocycles. The van der Waals surface area contributed by atoms with Gasteiger partial charge in [-0.2, -0.15) is 13.2 Å². The fourth-order valence-electron chi connectivity index (χ4n) is 1.50. The Morgan fingerprint density at radius 1 is 1.67 bits per heavy atom. The number of aliphatic hydroxyl groups is 1. The molecule has 0 aromatic heterocycles. The molecule has 1 heterocycles. The van der Waals surface area contributed by atoms with Gasteiger partial charge in [-0.1, -0.05) is 0 Å². The van der Waals surface area contributed by atoms with E-state index in [0.717, 1.165) is 4.90 Å². The summed E-state index contributed by atoms with van der Waals surface area (Å²) in [7, 11) is 1.58. The lowest BCUT2D eigenvalue weighted by atomic mass is 10.2. The summed E-state index contributed by atoms with van der Waals surface area (Å²) in [5.41, 5.74) is 0. The van der Waals surface area contributed by atoms with Crippen LogP contribution in [0.15, 0.2) is 0 Å². The molecule has 1 amide bonds. The summed E-state index contributed by atoms with van der Waals surface area (Å²) < 4.78 is 36.0. The van der Waals surface area contributed by atoms with Crippen molar-refractivity contribution in [2.24, 2.45) is 0 Å². The van der Waals surface area contributed by atoms with E-state index in [1.165, 1.54) is 0 Å². The Hall–Kier alpha value is -0.820. The molecule has 1 fully saturated rings. The summed E-state index contributed by atoms with van der Waals surface area (Å²) in [6.45, 7) is -0.433. The summed E-state index contributed by atoms with van der Waals surface area (Å²) in [5.74, 6) is -0.388. The average Bonchev–Trinajstić information content (AvgIpc) is 2.46. The van der Waals surface area contributed by atoms with Gasteiger partial charge in [-0.05, 0) is 13.5 Å². The minimum atomic E-state index is -4.67. The molecular weight excluding hydrogens is 213 g/mol. The topological polar surface area (TPSA) is 52.6 Å². The quantitative estimate of drug-likeness (QED) is 0.696. The molecule has 0 aromatic rings. The van der Waals surface area contributed by atoms with Crippen molar-refractivity contribution in [1.82, 2.24) is 10.2 Å². The van der Waals surface area contributed by atoms with Gasteiger partial charge in [0, 0.05) is 6.54 Å². The zero-order chi connectivity index (χ0) is 11.6. The molecule has 1 aliphatic rings. The minimum absolute atomic E-state index is 0.248. The maximum Gasteiger partial charge on any atom is 0.416 e.